The highest BCUT2D eigenvalue weighted by atomic mass is 19.1. The van der Waals surface area contributed by atoms with Gasteiger partial charge in [-0.1, -0.05) is 24.3 Å². The molecule has 3 aromatic rings. The summed E-state index contributed by atoms with van der Waals surface area (Å²) >= 11 is 0. The molecule has 1 aromatic heterocycles. The Morgan fingerprint density at radius 3 is 2.68 bits per heavy atom. The van der Waals surface area contributed by atoms with Gasteiger partial charge in [0, 0.05) is 25.6 Å². The van der Waals surface area contributed by atoms with E-state index in [1.165, 1.54) is 12.1 Å². The normalized spacial score (nSPS) is 14.0. The zero-order valence-corrected chi connectivity index (χ0v) is 13.9. The molecule has 1 amide bonds. The van der Waals surface area contributed by atoms with Crippen LogP contribution in [0.4, 0.5) is 4.39 Å². The quantitative estimate of drug-likeness (QED) is 0.687. The molecule has 1 saturated carbocycles. The lowest BCUT2D eigenvalue weighted by Gasteiger charge is -2.23. The Hall–Kier alpha value is -2.69. The zero-order chi connectivity index (χ0) is 17.2. The number of hydrogen-bond donors (Lipinski definition) is 0. The number of benzene rings is 2. The van der Waals surface area contributed by atoms with E-state index in [9.17, 15) is 9.18 Å². The molecule has 25 heavy (non-hydrogen) atoms. The first-order valence-electron chi connectivity index (χ1n) is 8.64. The summed E-state index contributed by atoms with van der Waals surface area (Å²) in [5.74, 6) is -0.107. The van der Waals surface area contributed by atoms with Gasteiger partial charge >= 0.3 is 0 Å². The zero-order valence-electron chi connectivity index (χ0n) is 13.9. The van der Waals surface area contributed by atoms with Crippen molar-refractivity contribution in [1.82, 2.24) is 14.5 Å². The summed E-state index contributed by atoms with van der Waals surface area (Å²) in [7, 11) is 0. The van der Waals surface area contributed by atoms with Crippen molar-refractivity contribution >= 4 is 16.9 Å². The van der Waals surface area contributed by atoms with Crippen molar-refractivity contribution in [3.63, 3.8) is 0 Å². The molecule has 1 heterocycles. The topological polar surface area (TPSA) is 38.1 Å². The van der Waals surface area contributed by atoms with Crippen LogP contribution in [0.5, 0.6) is 0 Å². The third kappa shape index (κ3) is 3.55. The minimum atomic E-state index is -0.250. The summed E-state index contributed by atoms with van der Waals surface area (Å²) in [5.41, 5.74) is 2.96. The summed E-state index contributed by atoms with van der Waals surface area (Å²) in [6.45, 7) is 1.17. The van der Waals surface area contributed by atoms with Gasteiger partial charge in [0.15, 0.2) is 0 Å². The van der Waals surface area contributed by atoms with Crippen LogP contribution in [0.2, 0.25) is 0 Å². The van der Waals surface area contributed by atoms with Crippen molar-refractivity contribution in [3.8, 4) is 0 Å². The van der Waals surface area contributed by atoms with Crippen LogP contribution in [0.25, 0.3) is 11.0 Å². The number of aromatic nitrogens is 2. The third-order valence-corrected chi connectivity index (χ3v) is 4.67. The van der Waals surface area contributed by atoms with Gasteiger partial charge in [-0.3, -0.25) is 4.79 Å². The molecule has 0 aliphatic heterocycles. The Balaban J connectivity index is 1.43. The van der Waals surface area contributed by atoms with Gasteiger partial charge in [0.05, 0.1) is 17.4 Å². The highest BCUT2D eigenvalue weighted by Crippen LogP contribution is 2.29. The lowest BCUT2D eigenvalue weighted by Crippen LogP contribution is -2.33. The summed E-state index contributed by atoms with van der Waals surface area (Å²) in [4.78, 5) is 19.0. The van der Waals surface area contributed by atoms with Crippen LogP contribution in [0.15, 0.2) is 54.9 Å². The lowest BCUT2D eigenvalue weighted by molar-refractivity contribution is -0.132. The van der Waals surface area contributed by atoms with E-state index < -0.39 is 0 Å². The molecule has 0 saturated heterocycles. The second kappa shape index (κ2) is 6.67. The fourth-order valence-corrected chi connectivity index (χ4v) is 3.14. The van der Waals surface area contributed by atoms with E-state index in [0.717, 1.165) is 29.4 Å². The molecule has 0 radical (unpaired) electrons. The van der Waals surface area contributed by atoms with E-state index in [1.807, 2.05) is 33.7 Å². The van der Waals surface area contributed by atoms with Gasteiger partial charge in [-0.05, 0) is 42.7 Å². The number of halogens is 1. The van der Waals surface area contributed by atoms with Gasteiger partial charge in [0.25, 0.3) is 0 Å². The largest absolute Gasteiger partial charge is 0.335 e. The van der Waals surface area contributed by atoms with Crippen LogP contribution in [0.3, 0.4) is 0 Å². The maximum atomic E-state index is 13.1. The second-order valence-corrected chi connectivity index (χ2v) is 6.56. The molecule has 0 atom stereocenters. The number of nitrogens with zero attached hydrogens (tertiary/aromatic N) is 3. The van der Waals surface area contributed by atoms with E-state index in [4.69, 9.17) is 0 Å². The average Bonchev–Trinajstić information content (AvgIpc) is 3.39. The van der Waals surface area contributed by atoms with Gasteiger partial charge in [0.2, 0.25) is 5.91 Å². The van der Waals surface area contributed by atoms with Gasteiger partial charge in [-0.2, -0.15) is 0 Å². The van der Waals surface area contributed by atoms with Crippen LogP contribution in [-0.2, 0) is 17.9 Å². The Morgan fingerprint density at radius 1 is 1.16 bits per heavy atom. The molecule has 128 valence electrons. The third-order valence-electron chi connectivity index (χ3n) is 4.67. The Morgan fingerprint density at radius 2 is 1.92 bits per heavy atom. The van der Waals surface area contributed by atoms with Crippen LogP contribution in [0, 0.1) is 5.82 Å². The molecular weight excluding hydrogens is 317 g/mol. The molecular formula is C20H20FN3O. The number of aryl methyl sites for hydroxylation is 1. The van der Waals surface area contributed by atoms with Crippen molar-refractivity contribution in [2.24, 2.45) is 0 Å². The standard InChI is InChI=1S/C20H20FN3O/c21-16-7-5-15(6-8-16)13-24(17-9-10-17)20(25)11-12-23-14-22-18-3-1-2-4-19(18)23/h1-8,14,17H,9-13H2. The summed E-state index contributed by atoms with van der Waals surface area (Å²) in [5, 5.41) is 0. The molecule has 4 rings (SSSR count). The molecule has 1 fully saturated rings. The minimum Gasteiger partial charge on any atom is -0.335 e. The van der Waals surface area contributed by atoms with E-state index in [-0.39, 0.29) is 11.7 Å². The number of fused-ring (bicyclic) bond motifs is 1. The highest BCUT2D eigenvalue weighted by molar-refractivity contribution is 5.78. The van der Waals surface area contributed by atoms with Crippen molar-refractivity contribution in [1.29, 1.82) is 0 Å². The summed E-state index contributed by atoms with van der Waals surface area (Å²) in [6.07, 6.45) is 4.35. The molecule has 1 aliphatic carbocycles. The van der Waals surface area contributed by atoms with Crippen LogP contribution >= 0.6 is 0 Å². The molecule has 0 unspecified atom stereocenters. The Bertz CT molecular complexity index is 883. The number of carbonyl (C=O) groups is 1. The summed E-state index contributed by atoms with van der Waals surface area (Å²) in [6, 6.07) is 14.7. The van der Waals surface area contributed by atoms with E-state index in [1.54, 1.807) is 18.5 Å². The van der Waals surface area contributed by atoms with Crippen molar-refractivity contribution in [3.05, 3.63) is 66.2 Å². The van der Waals surface area contributed by atoms with E-state index >= 15 is 0 Å². The van der Waals surface area contributed by atoms with Gasteiger partial charge in [-0.25, -0.2) is 9.37 Å². The number of imidazole rings is 1. The molecule has 0 N–H and O–H groups in total. The smallest absolute Gasteiger partial charge is 0.224 e. The maximum Gasteiger partial charge on any atom is 0.224 e. The molecule has 2 aromatic carbocycles. The molecule has 0 spiro atoms. The molecule has 0 bridgehead atoms. The first-order chi connectivity index (χ1) is 12.2. The number of hydrogen-bond acceptors (Lipinski definition) is 2. The number of rotatable bonds is 6. The average molecular weight is 337 g/mol. The Labute approximate surface area is 145 Å². The molecule has 5 heteroatoms. The first kappa shape index (κ1) is 15.8. The number of carbonyl (C=O) groups excluding carboxylic acids is 1. The van der Waals surface area contributed by atoms with Crippen LogP contribution < -0.4 is 0 Å². The van der Waals surface area contributed by atoms with Gasteiger partial charge in [-0.15, -0.1) is 0 Å². The van der Waals surface area contributed by atoms with E-state index in [2.05, 4.69) is 4.98 Å². The van der Waals surface area contributed by atoms with Crippen molar-refractivity contribution < 1.29 is 9.18 Å². The fraction of sp³-hybridized carbons (Fsp3) is 0.300. The monoisotopic (exact) mass is 337 g/mol. The van der Waals surface area contributed by atoms with Crippen molar-refractivity contribution in [2.45, 2.75) is 38.4 Å². The fourth-order valence-electron chi connectivity index (χ4n) is 3.14. The van der Waals surface area contributed by atoms with Gasteiger partial charge in [0.1, 0.15) is 5.82 Å². The predicted molar refractivity (Wildman–Crippen MR) is 94.3 cm³/mol. The number of para-hydroxylation sites is 2. The minimum absolute atomic E-state index is 0.143. The van der Waals surface area contributed by atoms with Crippen LogP contribution in [0.1, 0.15) is 24.8 Å². The second-order valence-electron chi connectivity index (χ2n) is 6.56. The van der Waals surface area contributed by atoms with Gasteiger partial charge < -0.3 is 9.47 Å². The predicted octanol–water partition coefficient (Wildman–Crippen LogP) is 3.76. The maximum absolute atomic E-state index is 13.1. The SMILES string of the molecule is O=C(CCn1cnc2ccccc21)N(Cc1ccc(F)cc1)C1CC1. The number of amides is 1. The lowest BCUT2D eigenvalue weighted by atomic mass is 10.2. The highest BCUT2D eigenvalue weighted by Gasteiger charge is 2.32. The first-order valence-corrected chi connectivity index (χ1v) is 8.64. The van der Waals surface area contributed by atoms with E-state index in [0.29, 0.717) is 25.6 Å². The molecule has 4 nitrogen and oxygen atoms in total. The summed E-state index contributed by atoms with van der Waals surface area (Å²) < 4.78 is 15.1. The van der Waals surface area contributed by atoms with Crippen LogP contribution in [-0.4, -0.2) is 26.4 Å². The van der Waals surface area contributed by atoms with Crippen molar-refractivity contribution in [2.75, 3.05) is 0 Å². The Kier molecular flexibility index (Phi) is 4.22. The molecule has 1 aliphatic rings.